The molecule has 1 aromatic carbocycles. The average Bonchev–Trinajstić information content (AvgIpc) is 2.99. The first kappa shape index (κ1) is 12.9. The summed E-state index contributed by atoms with van der Waals surface area (Å²) in [5.41, 5.74) is 4.58. The summed E-state index contributed by atoms with van der Waals surface area (Å²) in [5.74, 6) is 0.975. The number of aliphatic imine (C=N–C) groups is 1. The minimum atomic E-state index is 0.151. The number of fused-ring (bicyclic) bond motifs is 1. The van der Waals surface area contributed by atoms with Gasteiger partial charge in [-0.2, -0.15) is 0 Å². The van der Waals surface area contributed by atoms with E-state index in [0.29, 0.717) is 0 Å². The maximum Gasteiger partial charge on any atom is 0.134 e. The Hall–Kier alpha value is -2.09. The molecule has 0 bridgehead atoms. The van der Waals surface area contributed by atoms with Gasteiger partial charge < -0.3 is 4.42 Å². The van der Waals surface area contributed by atoms with Crippen molar-refractivity contribution in [1.29, 1.82) is 0 Å². The van der Waals surface area contributed by atoms with Crippen molar-refractivity contribution in [1.82, 2.24) is 0 Å². The van der Waals surface area contributed by atoms with E-state index in [1.807, 2.05) is 13.1 Å². The SMILES string of the molecule is CC/C=C\c1c(C)oc2ccc(C3C=C(C)C=N3)cc12. The maximum absolute atomic E-state index is 5.83. The van der Waals surface area contributed by atoms with Gasteiger partial charge in [-0.25, -0.2) is 0 Å². The molecule has 0 fully saturated rings. The van der Waals surface area contributed by atoms with E-state index in [0.717, 1.165) is 17.8 Å². The third-order valence-electron chi connectivity index (χ3n) is 3.66. The van der Waals surface area contributed by atoms with Gasteiger partial charge in [-0.3, -0.25) is 4.99 Å². The molecule has 3 rings (SSSR count). The molecule has 0 radical (unpaired) electrons. The van der Waals surface area contributed by atoms with Crippen molar-refractivity contribution >= 4 is 23.3 Å². The van der Waals surface area contributed by atoms with Gasteiger partial charge in [0.25, 0.3) is 0 Å². The number of benzene rings is 1. The molecule has 0 saturated carbocycles. The van der Waals surface area contributed by atoms with E-state index in [1.54, 1.807) is 0 Å². The first-order valence-corrected chi connectivity index (χ1v) is 7.10. The molecule has 0 saturated heterocycles. The summed E-state index contributed by atoms with van der Waals surface area (Å²) in [6.45, 7) is 6.24. The molecule has 1 atom stereocenters. The number of rotatable bonds is 3. The van der Waals surface area contributed by atoms with Gasteiger partial charge in [-0.05, 0) is 43.5 Å². The van der Waals surface area contributed by atoms with E-state index < -0.39 is 0 Å². The lowest BCUT2D eigenvalue weighted by Gasteiger charge is -2.05. The van der Waals surface area contributed by atoms with Gasteiger partial charge in [-0.1, -0.05) is 31.2 Å². The van der Waals surface area contributed by atoms with Crippen LogP contribution in [0.5, 0.6) is 0 Å². The minimum Gasteiger partial charge on any atom is -0.461 e. The van der Waals surface area contributed by atoms with E-state index in [1.165, 1.54) is 22.1 Å². The van der Waals surface area contributed by atoms with Gasteiger partial charge in [0.15, 0.2) is 0 Å². The molecule has 1 unspecified atom stereocenters. The third-order valence-corrected chi connectivity index (χ3v) is 3.66. The summed E-state index contributed by atoms with van der Waals surface area (Å²) in [4.78, 5) is 4.53. The van der Waals surface area contributed by atoms with Crippen LogP contribution < -0.4 is 0 Å². The Balaban J connectivity index is 2.10. The van der Waals surface area contributed by atoms with Crippen molar-refractivity contribution in [2.24, 2.45) is 4.99 Å². The van der Waals surface area contributed by atoms with Crippen LogP contribution in [0.4, 0.5) is 0 Å². The van der Waals surface area contributed by atoms with Gasteiger partial charge in [0.1, 0.15) is 11.3 Å². The molecule has 1 aliphatic rings. The molecule has 2 heteroatoms. The monoisotopic (exact) mass is 265 g/mol. The maximum atomic E-state index is 5.83. The third kappa shape index (κ3) is 2.22. The zero-order valence-electron chi connectivity index (χ0n) is 12.2. The molecule has 0 aliphatic carbocycles. The van der Waals surface area contributed by atoms with E-state index >= 15 is 0 Å². The summed E-state index contributed by atoms with van der Waals surface area (Å²) >= 11 is 0. The Labute approximate surface area is 119 Å². The highest BCUT2D eigenvalue weighted by atomic mass is 16.3. The number of aryl methyl sites for hydroxylation is 1. The van der Waals surface area contributed by atoms with E-state index in [9.17, 15) is 0 Å². The van der Waals surface area contributed by atoms with E-state index in [-0.39, 0.29) is 6.04 Å². The summed E-state index contributed by atoms with van der Waals surface area (Å²) < 4.78 is 5.83. The molecular formula is C18H19NO. The summed E-state index contributed by atoms with van der Waals surface area (Å²) in [5, 5.41) is 1.18. The smallest absolute Gasteiger partial charge is 0.134 e. The summed E-state index contributed by atoms with van der Waals surface area (Å²) in [7, 11) is 0. The fourth-order valence-electron chi connectivity index (χ4n) is 2.60. The fraction of sp³-hybridized carbons (Fsp3) is 0.278. The first-order valence-electron chi connectivity index (χ1n) is 7.10. The molecule has 0 amide bonds. The van der Waals surface area contributed by atoms with Crippen LogP contribution in [-0.4, -0.2) is 6.21 Å². The topological polar surface area (TPSA) is 25.5 Å². The van der Waals surface area contributed by atoms with Crippen molar-refractivity contribution in [3.05, 3.63) is 52.8 Å². The van der Waals surface area contributed by atoms with Crippen LogP contribution in [0.2, 0.25) is 0 Å². The second-order valence-electron chi connectivity index (χ2n) is 5.27. The van der Waals surface area contributed by atoms with Crippen LogP contribution in [-0.2, 0) is 0 Å². The second kappa shape index (κ2) is 5.12. The van der Waals surface area contributed by atoms with E-state index in [2.05, 4.69) is 55.3 Å². The second-order valence-corrected chi connectivity index (χ2v) is 5.27. The normalized spacial score (nSPS) is 18.4. The lowest BCUT2D eigenvalue weighted by atomic mass is 10.0. The highest BCUT2D eigenvalue weighted by molar-refractivity contribution is 5.89. The number of nitrogens with zero attached hydrogens (tertiary/aromatic N) is 1. The highest BCUT2D eigenvalue weighted by Crippen LogP contribution is 2.32. The molecule has 2 nitrogen and oxygen atoms in total. The van der Waals surface area contributed by atoms with Crippen molar-refractivity contribution in [2.75, 3.05) is 0 Å². The Kier molecular flexibility index (Phi) is 3.31. The quantitative estimate of drug-likeness (QED) is 0.745. The molecule has 2 heterocycles. The fourth-order valence-corrected chi connectivity index (χ4v) is 2.60. The first-order chi connectivity index (χ1) is 9.69. The predicted octanol–water partition coefficient (Wildman–Crippen LogP) is 5.24. The van der Waals surface area contributed by atoms with Crippen LogP contribution >= 0.6 is 0 Å². The number of hydrogen-bond donors (Lipinski definition) is 0. The Morgan fingerprint density at radius 3 is 2.85 bits per heavy atom. The van der Waals surface area contributed by atoms with Crippen molar-refractivity contribution in [2.45, 2.75) is 33.2 Å². The predicted molar refractivity (Wildman–Crippen MR) is 85.3 cm³/mol. The van der Waals surface area contributed by atoms with E-state index in [4.69, 9.17) is 4.42 Å². The molecule has 20 heavy (non-hydrogen) atoms. The molecule has 0 spiro atoms. The molecule has 1 aliphatic heterocycles. The van der Waals surface area contributed by atoms with Crippen LogP contribution in [0.3, 0.4) is 0 Å². The van der Waals surface area contributed by atoms with Crippen molar-refractivity contribution in [3.63, 3.8) is 0 Å². The molecule has 0 N–H and O–H groups in total. The molecule has 1 aromatic heterocycles. The zero-order valence-corrected chi connectivity index (χ0v) is 12.2. The lowest BCUT2D eigenvalue weighted by Crippen LogP contribution is -1.88. The molecular weight excluding hydrogens is 246 g/mol. The summed E-state index contributed by atoms with van der Waals surface area (Å²) in [6, 6.07) is 6.52. The molecule has 2 aromatic rings. The van der Waals surface area contributed by atoms with Gasteiger partial charge >= 0.3 is 0 Å². The van der Waals surface area contributed by atoms with Crippen LogP contribution in [0.25, 0.3) is 17.0 Å². The Morgan fingerprint density at radius 2 is 2.15 bits per heavy atom. The minimum absolute atomic E-state index is 0.151. The van der Waals surface area contributed by atoms with Crippen LogP contribution in [0.15, 0.2) is 45.3 Å². The number of furan rings is 1. The molecule has 102 valence electrons. The average molecular weight is 265 g/mol. The highest BCUT2D eigenvalue weighted by Gasteiger charge is 2.14. The van der Waals surface area contributed by atoms with Gasteiger partial charge in [-0.15, -0.1) is 0 Å². The van der Waals surface area contributed by atoms with Crippen molar-refractivity contribution in [3.8, 4) is 0 Å². The van der Waals surface area contributed by atoms with Crippen LogP contribution in [0, 0.1) is 6.92 Å². The lowest BCUT2D eigenvalue weighted by molar-refractivity contribution is 0.577. The van der Waals surface area contributed by atoms with Crippen LogP contribution in [0.1, 0.15) is 43.2 Å². The Bertz CT molecular complexity index is 731. The van der Waals surface area contributed by atoms with Gasteiger partial charge in [0, 0.05) is 17.2 Å². The number of allylic oxidation sites excluding steroid dienone is 2. The zero-order chi connectivity index (χ0) is 14.1. The van der Waals surface area contributed by atoms with Gasteiger partial charge in [0.2, 0.25) is 0 Å². The number of hydrogen-bond acceptors (Lipinski definition) is 2. The Morgan fingerprint density at radius 1 is 1.30 bits per heavy atom. The summed E-state index contributed by atoms with van der Waals surface area (Å²) in [6.07, 6.45) is 9.48. The van der Waals surface area contributed by atoms with Gasteiger partial charge in [0.05, 0.1) is 6.04 Å². The largest absolute Gasteiger partial charge is 0.461 e. The standard InChI is InChI=1S/C18H19NO/c1-4-5-6-15-13(3)20-18-8-7-14(10-16(15)18)17-9-12(2)11-19-17/h5-11,17H,4H2,1-3H3/b6-5-. The van der Waals surface area contributed by atoms with Crippen molar-refractivity contribution < 1.29 is 4.42 Å².